The van der Waals surface area contributed by atoms with Crippen molar-refractivity contribution < 1.29 is 8.78 Å². The standard InChI is InChI=1S/C13H14BrClF2N2S/c1-13(2,3)20-11(18-19-12(20)10(16)17)8-5-4-7(15)6-9(8)14/h4-6,10,20H,1-3H3. The van der Waals surface area contributed by atoms with Gasteiger partial charge in [-0.3, -0.25) is 0 Å². The Labute approximate surface area is 132 Å². The highest BCUT2D eigenvalue weighted by atomic mass is 79.9. The summed E-state index contributed by atoms with van der Waals surface area (Å²) in [6, 6.07) is 5.24. The highest BCUT2D eigenvalue weighted by Crippen LogP contribution is 2.50. The second kappa shape index (κ2) is 5.73. The number of hydrogen-bond donors (Lipinski definition) is 1. The van der Waals surface area contributed by atoms with Crippen LogP contribution in [0.1, 0.15) is 26.3 Å². The van der Waals surface area contributed by atoms with Gasteiger partial charge < -0.3 is 0 Å². The molecule has 1 aliphatic rings. The minimum Gasteiger partial charge on any atom is -0.203 e. The average molecular weight is 384 g/mol. The largest absolute Gasteiger partial charge is 0.286 e. The van der Waals surface area contributed by atoms with Crippen molar-refractivity contribution in [3.05, 3.63) is 33.3 Å². The molecule has 20 heavy (non-hydrogen) atoms. The van der Waals surface area contributed by atoms with Crippen LogP contribution in [0.15, 0.2) is 32.9 Å². The predicted molar refractivity (Wildman–Crippen MR) is 87.9 cm³/mol. The maximum absolute atomic E-state index is 13.2. The third kappa shape index (κ3) is 3.07. The number of thiol groups is 1. The van der Waals surface area contributed by atoms with Crippen molar-refractivity contribution in [2.75, 3.05) is 0 Å². The molecule has 1 aromatic carbocycles. The van der Waals surface area contributed by atoms with E-state index >= 15 is 0 Å². The first-order valence-corrected chi connectivity index (χ1v) is 8.42. The van der Waals surface area contributed by atoms with Crippen LogP contribution in [-0.2, 0) is 0 Å². The summed E-state index contributed by atoms with van der Waals surface area (Å²) in [6.07, 6.45) is -2.58. The van der Waals surface area contributed by atoms with Crippen LogP contribution in [0.2, 0.25) is 5.02 Å². The molecule has 0 radical (unpaired) electrons. The maximum atomic E-state index is 13.2. The second-order valence-electron chi connectivity index (χ2n) is 5.31. The lowest BCUT2D eigenvalue weighted by molar-refractivity contribution is 0.229. The lowest BCUT2D eigenvalue weighted by Gasteiger charge is -2.33. The van der Waals surface area contributed by atoms with Crippen molar-refractivity contribution in [3.8, 4) is 0 Å². The van der Waals surface area contributed by atoms with Gasteiger partial charge in [-0.15, -0.1) is 10.2 Å². The molecule has 0 aliphatic carbocycles. The topological polar surface area (TPSA) is 24.7 Å². The molecule has 0 fully saturated rings. The Balaban J connectivity index is 2.47. The van der Waals surface area contributed by atoms with Crippen molar-refractivity contribution in [3.63, 3.8) is 0 Å². The van der Waals surface area contributed by atoms with Gasteiger partial charge in [-0.2, -0.15) is 10.9 Å². The summed E-state index contributed by atoms with van der Waals surface area (Å²) in [5, 5.41) is 8.85. The minimum absolute atomic E-state index is 0.107. The third-order valence-electron chi connectivity index (χ3n) is 2.73. The van der Waals surface area contributed by atoms with Crippen LogP contribution >= 0.6 is 38.4 Å². The molecule has 0 bridgehead atoms. The van der Waals surface area contributed by atoms with E-state index in [1.165, 1.54) is 0 Å². The highest BCUT2D eigenvalue weighted by molar-refractivity contribution is 9.10. The lowest BCUT2D eigenvalue weighted by atomic mass is 10.2. The van der Waals surface area contributed by atoms with Crippen LogP contribution < -0.4 is 0 Å². The summed E-state index contributed by atoms with van der Waals surface area (Å²) >= 11 is 9.33. The molecule has 0 saturated carbocycles. The fraction of sp³-hybridized carbons (Fsp3) is 0.385. The first-order chi connectivity index (χ1) is 9.21. The first kappa shape index (κ1) is 15.9. The molecular formula is C13H14BrClF2N2S. The molecule has 7 heteroatoms. The van der Waals surface area contributed by atoms with Crippen LogP contribution in [0, 0.1) is 0 Å². The number of nitrogens with zero attached hydrogens (tertiary/aromatic N) is 2. The van der Waals surface area contributed by atoms with Gasteiger partial charge in [0, 0.05) is 15.1 Å². The smallest absolute Gasteiger partial charge is 0.203 e. The van der Waals surface area contributed by atoms with E-state index < -0.39 is 17.3 Å². The van der Waals surface area contributed by atoms with Crippen LogP contribution in [0.25, 0.3) is 0 Å². The Kier molecular flexibility index (Phi) is 4.56. The van der Waals surface area contributed by atoms with Crippen LogP contribution in [0.4, 0.5) is 8.78 Å². The zero-order valence-electron chi connectivity index (χ0n) is 11.2. The van der Waals surface area contributed by atoms with Crippen LogP contribution in [-0.4, -0.2) is 21.3 Å². The molecule has 2 nitrogen and oxygen atoms in total. The van der Waals surface area contributed by atoms with Gasteiger partial charge >= 0.3 is 0 Å². The Morgan fingerprint density at radius 1 is 1.25 bits per heavy atom. The molecule has 1 aromatic rings. The molecule has 0 amide bonds. The summed E-state index contributed by atoms with van der Waals surface area (Å²) < 4.78 is 26.7. The van der Waals surface area contributed by atoms with Crippen molar-refractivity contribution in [1.29, 1.82) is 0 Å². The van der Waals surface area contributed by atoms with Gasteiger partial charge in [-0.05, 0) is 22.9 Å². The minimum atomic E-state index is -2.58. The molecule has 0 saturated heterocycles. The second-order valence-corrected chi connectivity index (χ2v) is 9.50. The quantitative estimate of drug-likeness (QED) is 0.676. The number of halogens is 4. The van der Waals surface area contributed by atoms with Crippen molar-refractivity contribution in [2.45, 2.75) is 31.9 Å². The van der Waals surface area contributed by atoms with Gasteiger partial charge in [-0.1, -0.05) is 48.3 Å². The van der Waals surface area contributed by atoms with Crippen LogP contribution in [0.3, 0.4) is 0 Å². The van der Waals surface area contributed by atoms with Gasteiger partial charge in [0.15, 0.2) is 0 Å². The number of benzene rings is 1. The Bertz CT molecular complexity index is 597. The summed E-state index contributed by atoms with van der Waals surface area (Å²) in [6.45, 7) is 5.80. The normalized spacial score (nSPS) is 21.1. The van der Waals surface area contributed by atoms with E-state index in [0.29, 0.717) is 10.1 Å². The Morgan fingerprint density at radius 2 is 1.90 bits per heavy atom. The van der Waals surface area contributed by atoms with E-state index in [1.54, 1.807) is 18.2 Å². The molecule has 1 aliphatic heterocycles. The van der Waals surface area contributed by atoms with E-state index in [4.69, 9.17) is 11.6 Å². The molecule has 0 spiro atoms. The van der Waals surface area contributed by atoms with E-state index in [0.717, 1.165) is 10.0 Å². The number of hydrogen-bond acceptors (Lipinski definition) is 2. The zero-order valence-corrected chi connectivity index (χ0v) is 14.4. The SMILES string of the molecule is CC(C)(C)[SH]1C(c2ccc(Cl)cc2Br)=NN=C1C(F)F. The maximum Gasteiger partial charge on any atom is 0.286 e. The summed E-state index contributed by atoms with van der Waals surface area (Å²) in [5.74, 6) is 0. The van der Waals surface area contributed by atoms with E-state index in [9.17, 15) is 8.78 Å². The van der Waals surface area contributed by atoms with Crippen molar-refractivity contribution >= 4 is 48.5 Å². The van der Waals surface area contributed by atoms with E-state index in [-0.39, 0.29) is 9.79 Å². The fourth-order valence-corrected chi connectivity index (χ4v) is 5.41. The van der Waals surface area contributed by atoms with E-state index in [2.05, 4.69) is 26.1 Å². The molecular weight excluding hydrogens is 370 g/mol. The van der Waals surface area contributed by atoms with Gasteiger partial charge in [0.25, 0.3) is 6.43 Å². The average Bonchev–Trinajstić information content (AvgIpc) is 2.73. The Morgan fingerprint density at radius 3 is 2.40 bits per heavy atom. The molecule has 0 N–H and O–H groups in total. The predicted octanol–water partition coefficient (Wildman–Crippen LogP) is 5.24. The lowest BCUT2D eigenvalue weighted by Crippen LogP contribution is -2.27. The number of rotatable bonds is 2. The van der Waals surface area contributed by atoms with Gasteiger partial charge in [0.2, 0.25) is 0 Å². The molecule has 2 rings (SSSR count). The van der Waals surface area contributed by atoms with E-state index in [1.807, 2.05) is 20.8 Å². The van der Waals surface area contributed by atoms with Crippen molar-refractivity contribution in [1.82, 2.24) is 0 Å². The van der Waals surface area contributed by atoms with Crippen LogP contribution in [0.5, 0.6) is 0 Å². The van der Waals surface area contributed by atoms with Gasteiger partial charge in [0.05, 0.1) is 0 Å². The molecule has 110 valence electrons. The summed E-state index contributed by atoms with van der Waals surface area (Å²) in [4.78, 5) is 0. The fourth-order valence-electron chi connectivity index (χ4n) is 1.94. The Hall–Kier alpha value is -0.460. The van der Waals surface area contributed by atoms with Gasteiger partial charge in [0.1, 0.15) is 10.1 Å². The molecule has 1 heterocycles. The molecule has 1 unspecified atom stereocenters. The summed E-state index contributed by atoms with van der Waals surface area (Å²) in [7, 11) is -1.28. The molecule has 0 aromatic heterocycles. The third-order valence-corrected chi connectivity index (χ3v) is 6.46. The zero-order chi connectivity index (χ0) is 15.1. The highest BCUT2D eigenvalue weighted by Gasteiger charge is 2.38. The summed E-state index contributed by atoms with van der Waals surface area (Å²) in [5.41, 5.74) is 0.773. The number of alkyl halides is 2. The van der Waals surface area contributed by atoms with Gasteiger partial charge in [-0.25, -0.2) is 8.78 Å². The monoisotopic (exact) mass is 382 g/mol. The van der Waals surface area contributed by atoms with Crippen molar-refractivity contribution in [2.24, 2.45) is 10.2 Å². The first-order valence-electron chi connectivity index (χ1n) is 5.91. The molecule has 1 atom stereocenters.